The molecule has 2 aromatic rings. The molecule has 2 rings (SSSR count). The number of nitrogens with zero attached hydrogens (tertiary/aromatic N) is 3. The number of nitrogens with one attached hydrogen (secondary N) is 3. The molecule has 0 unspecified atom stereocenters. The average Bonchev–Trinajstić information content (AvgIpc) is 2.53. The molecule has 0 aliphatic heterocycles. The Morgan fingerprint density at radius 3 is 2.50 bits per heavy atom. The predicted molar refractivity (Wildman–Crippen MR) is 97.7 cm³/mol. The summed E-state index contributed by atoms with van der Waals surface area (Å²) in [6, 6.07) is 9.26. The third-order valence-corrected chi connectivity index (χ3v) is 3.20. The van der Waals surface area contributed by atoms with Gasteiger partial charge in [-0.15, -0.1) is 0 Å². The normalized spacial score (nSPS) is 10.5. The topological polar surface area (TPSA) is 82.2 Å². The Kier molecular flexibility index (Phi) is 6.51. The Labute approximate surface area is 142 Å². The molecule has 3 N–H and O–H groups in total. The molecule has 1 aromatic heterocycles. The second kappa shape index (κ2) is 8.83. The fourth-order valence-corrected chi connectivity index (χ4v) is 2.10. The van der Waals surface area contributed by atoms with E-state index in [1.807, 2.05) is 30.3 Å². The van der Waals surface area contributed by atoms with Crippen molar-refractivity contribution in [2.45, 2.75) is 13.3 Å². The first-order chi connectivity index (χ1) is 11.5. The van der Waals surface area contributed by atoms with Crippen molar-refractivity contribution < 1.29 is 4.79 Å². The molecule has 0 fully saturated rings. The lowest BCUT2D eigenvalue weighted by Crippen LogP contribution is -2.17. The van der Waals surface area contributed by atoms with Gasteiger partial charge in [-0.05, 0) is 57.4 Å². The summed E-state index contributed by atoms with van der Waals surface area (Å²) in [4.78, 5) is 21.8. The Balaban J connectivity index is 1.90. The number of rotatable bonds is 8. The van der Waals surface area contributed by atoms with E-state index in [9.17, 15) is 4.79 Å². The third kappa shape index (κ3) is 6.21. The van der Waals surface area contributed by atoms with Crippen LogP contribution in [0.5, 0.6) is 0 Å². The van der Waals surface area contributed by atoms with Crippen LogP contribution in [-0.4, -0.2) is 48.0 Å². The monoisotopic (exact) mass is 328 g/mol. The van der Waals surface area contributed by atoms with Gasteiger partial charge in [-0.25, -0.2) is 4.98 Å². The van der Waals surface area contributed by atoms with Gasteiger partial charge < -0.3 is 20.9 Å². The molecule has 0 aliphatic carbocycles. The quantitative estimate of drug-likeness (QED) is 0.646. The van der Waals surface area contributed by atoms with Crippen LogP contribution >= 0.6 is 0 Å². The lowest BCUT2D eigenvalue weighted by Gasteiger charge is -2.11. The SMILES string of the molecule is CC(=O)Nc1ccc(Nc2ccnc(NCCCN(C)C)n2)cc1. The Hall–Kier alpha value is -2.67. The standard InChI is InChI=1S/C17H24N6O/c1-13(24)20-14-5-7-15(8-6-14)21-16-9-11-19-17(22-16)18-10-4-12-23(2)3/h5-9,11H,4,10,12H2,1-3H3,(H,20,24)(H2,18,19,21,22). The fourth-order valence-electron chi connectivity index (χ4n) is 2.10. The second-order valence-electron chi connectivity index (χ2n) is 5.73. The first-order valence-electron chi connectivity index (χ1n) is 7.89. The van der Waals surface area contributed by atoms with Crippen molar-refractivity contribution in [3.05, 3.63) is 36.5 Å². The smallest absolute Gasteiger partial charge is 0.224 e. The summed E-state index contributed by atoms with van der Waals surface area (Å²) >= 11 is 0. The number of hydrogen-bond donors (Lipinski definition) is 3. The van der Waals surface area contributed by atoms with Crippen LogP contribution in [0.1, 0.15) is 13.3 Å². The predicted octanol–water partition coefficient (Wildman–Crippen LogP) is 2.54. The van der Waals surface area contributed by atoms with E-state index in [1.165, 1.54) is 6.92 Å². The maximum absolute atomic E-state index is 11.0. The van der Waals surface area contributed by atoms with Crippen molar-refractivity contribution in [1.29, 1.82) is 0 Å². The summed E-state index contributed by atoms with van der Waals surface area (Å²) in [6.45, 7) is 3.33. The zero-order chi connectivity index (χ0) is 17.4. The van der Waals surface area contributed by atoms with E-state index >= 15 is 0 Å². The lowest BCUT2D eigenvalue weighted by atomic mass is 10.2. The van der Waals surface area contributed by atoms with E-state index in [4.69, 9.17) is 0 Å². The van der Waals surface area contributed by atoms with Crippen LogP contribution in [0.25, 0.3) is 0 Å². The highest BCUT2D eigenvalue weighted by Gasteiger charge is 2.01. The van der Waals surface area contributed by atoms with Crippen molar-refractivity contribution in [1.82, 2.24) is 14.9 Å². The van der Waals surface area contributed by atoms with Crippen molar-refractivity contribution >= 4 is 29.0 Å². The maximum Gasteiger partial charge on any atom is 0.224 e. The van der Waals surface area contributed by atoms with Gasteiger partial charge >= 0.3 is 0 Å². The largest absolute Gasteiger partial charge is 0.354 e. The Bertz CT molecular complexity index is 656. The summed E-state index contributed by atoms with van der Waals surface area (Å²) in [7, 11) is 4.11. The van der Waals surface area contributed by atoms with Crippen LogP contribution in [0.3, 0.4) is 0 Å². The molecule has 1 heterocycles. The minimum absolute atomic E-state index is 0.0866. The lowest BCUT2D eigenvalue weighted by molar-refractivity contribution is -0.114. The van der Waals surface area contributed by atoms with E-state index in [-0.39, 0.29) is 5.91 Å². The molecular weight excluding hydrogens is 304 g/mol. The summed E-state index contributed by atoms with van der Waals surface area (Å²) in [5.41, 5.74) is 1.65. The van der Waals surface area contributed by atoms with Crippen LogP contribution in [0, 0.1) is 0 Å². The van der Waals surface area contributed by atoms with Gasteiger partial charge in [0.15, 0.2) is 0 Å². The first kappa shape index (κ1) is 17.7. The first-order valence-corrected chi connectivity index (χ1v) is 7.89. The number of benzene rings is 1. The molecule has 0 spiro atoms. The molecule has 1 aromatic carbocycles. The Morgan fingerprint density at radius 2 is 1.83 bits per heavy atom. The number of hydrogen-bond acceptors (Lipinski definition) is 6. The van der Waals surface area contributed by atoms with Gasteiger partial charge in [0.1, 0.15) is 5.82 Å². The maximum atomic E-state index is 11.0. The van der Waals surface area contributed by atoms with E-state index in [2.05, 4.69) is 44.9 Å². The molecule has 24 heavy (non-hydrogen) atoms. The molecule has 0 radical (unpaired) electrons. The number of anilines is 4. The van der Waals surface area contributed by atoms with Gasteiger partial charge in [0.25, 0.3) is 0 Å². The molecule has 0 saturated carbocycles. The molecule has 7 heteroatoms. The molecular formula is C17H24N6O. The number of aromatic nitrogens is 2. The third-order valence-electron chi connectivity index (χ3n) is 3.20. The number of carbonyl (C=O) groups is 1. The Morgan fingerprint density at radius 1 is 1.12 bits per heavy atom. The average molecular weight is 328 g/mol. The minimum Gasteiger partial charge on any atom is -0.354 e. The molecule has 0 aliphatic rings. The summed E-state index contributed by atoms with van der Waals surface area (Å²) in [5.74, 6) is 1.23. The second-order valence-corrected chi connectivity index (χ2v) is 5.73. The summed E-state index contributed by atoms with van der Waals surface area (Å²) in [5, 5.41) is 9.18. The van der Waals surface area contributed by atoms with E-state index < -0.39 is 0 Å². The molecule has 0 saturated heterocycles. The van der Waals surface area contributed by atoms with Gasteiger partial charge in [0, 0.05) is 31.0 Å². The van der Waals surface area contributed by atoms with Crippen LogP contribution in [0.15, 0.2) is 36.5 Å². The van der Waals surface area contributed by atoms with Gasteiger partial charge in [-0.1, -0.05) is 0 Å². The number of amides is 1. The summed E-state index contributed by atoms with van der Waals surface area (Å²) in [6.07, 6.45) is 2.74. The van der Waals surface area contributed by atoms with Crippen molar-refractivity contribution in [2.75, 3.05) is 43.1 Å². The molecule has 128 valence electrons. The van der Waals surface area contributed by atoms with Gasteiger partial charge in [0.2, 0.25) is 11.9 Å². The highest BCUT2D eigenvalue weighted by atomic mass is 16.1. The highest BCUT2D eigenvalue weighted by Crippen LogP contribution is 2.18. The molecule has 7 nitrogen and oxygen atoms in total. The highest BCUT2D eigenvalue weighted by molar-refractivity contribution is 5.88. The van der Waals surface area contributed by atoms with E-state index in [1.54, 1.807) is 6.20 Å². The van der Waals surface area contributed by atoms with Crippen molar-refractivity contribution in [3.8, 4) is 0 Å². The van der Waals surface area contributed by atoms with Crippen LogP contribution in [0.2, 0.25) is 0 Å². The van der Waals surface area contributed by atoms with Crippen LogP contribution in [0.4, 0.5) is 23.1 Å². The fraction of sp³-hybridized carbons (Fsp3) is 0.353. The molecule has 1 amide bonds. The van der Waals surface area contributed by atoms with Crippen molar-refractivity contribution in [3.63, 3.8) is 0 Å². The van der Waals surface area contributed by atoms with Gasteiger partial charge in [-0.3, -0.25) is 4.79 Å². The van der Waals surface area contributed by atoms with Gasteiger partial charge in [0.05, 0.1) is 0 Å². The summed E-state index contributed by atoms with van der Waals surface area (Å²) < 4.78 is 0. The zero-order valence-electron chi connectivity index (χ0n) is 14.3. The van der Waals surface area contributed by atoms with Crippen molar-refractivity contribution in [2.24, 2.45) is 0 Å². The van der Waals surface area contributed by atoms with Crippen LogP contribution < -0.4 is 16.0 Å². The van der Waals surface area contributed by atoms with Gasteiger partial charge in [-0.2, -0.15) is 4.98 Å². The minimum atomic E-state index is -0.0866. The van der Waals surface area contributed by atoms with Crippen LogP contribution in [-0.2, 0) is 4.79 Å². The van der Waals surface area contributed by atoms with E-state index in [0.717, 1.165) is 30.9 Å². The zero-order valence-corrected chi connectivity index (χ0v) is 14.3. The number of carbonyl (C=O) groups excluding carboxylic acids is 1. The molecule has 0 bridgehead atoms. The van der Waals surface area contributed by atoms with E-state index in [0.29, 0.717) is 11.8 Å². The molecule has 0 atom stereocenters.